The highest BCUT2D eigenvalue weighted by atomic mass is 16.3. The molecule has 3 nitrogen and oxygen atoms in total. The molecule has 2 rings (SSSR count). The molecule has 0 saturated heterocycles. The van der Waals surface area contributed by atoms with Crippen LogP contribution in [0.25, 0.3) is 0 Å². The highest BCUT2D eigenvalue weighted by Gasteiger charge is 2.18. The molecular formula is C15H24N2O. The summed E-state index contributed by atoms with van der Waals surface area (Å²) in [7, 11) is 2.13. The van der Waals surface area contributed by atoms with Crippen LogP contribution in [-0.2, 0) is 0 Å². The van der Waals surface area contributed by atoms with Crippen LogP contribution in [0.5, 0.6) is 0 Å². The second kappa shape index (κ2) is 6.19. The van der Waals surface area contributed by atoms with Gasteiger partial charge in [0, 0.05) is 19.3 Å². The molecule has 1 aromatic rings. The molecule has 1 atom stereocenters. The number of aliphatic hydroxyl groups excluding tert-OH is 1. The third-order valence-electron chi connectivity index (χ3n) is 3.99. The van der Waals surface area contributed by atoms with E-state index in [1.165, 1.54) is 38.5 Å². The van der Waals surface area contributed by atoms with Crippen molar-refractivity contribution in [3.63, 3.8) is 0 Å². The second-order valence-electron chi connectivity index (χ2n) is 5.38. The van der Waals surface area contributed by atoms with Crippen molar-refractivity contribution in [1.29, 1.82) is 0 Å². The Balaban J connectivity index is 2.11. The lowest BCUT2D eigenvalue weighted by Crippen LogP contribution is -2.31. The van der Waals surface area contributed by atoms with Crippen molar-refractivity contribution in [2.45, 2.75) is 57.6 Å². The molecular weight excluding hydrogens is 224 g/mol. The summed E-state index contributed by atoms with van der Waals surface area (Å²) in [5.74, 6) is 0.986. The fourth-order valence-electron chi connectivity index (χ4n) is 2.72. The van der Waals surface area contributed by atoms with Gasteiger partial charge in [-0.05, 0) is 37.5 Å². The first-order valence-electron chi connectivity index (χ1n) is 7.05. The average Bonchev–Trinajstić information content (AvgIpc) is 2.67. The second-order valence-corrected chi connectivity index (χ2v) is 5.38. The average molecular weight is 248 g/mol. The van der Waals surface area contributed by atoms with Crippen LogP contribution in [0.3, 0.4) is 0 Å². The van der Waals surface area contributed by atoms with Gasteiger partial charge in [0.2, 0.25) is 0 Å². The highest BCUT2D eigenvalue weighted by molar-refractivity contribution is 5.41. The van der Waals surface area contributed by atoms with Crippen molar-refractivity contribution in [3.05, 3.63) is 23.9 Å². The minimum atomic E-state index is -0.422. The molecule has 1 aliphatic rings. The van der Waals surface area contributed by atoms with Gasteiger partial charge in [-0.1, -0.05) is 25.7 Å². The number of hydrogen-bond donors (Lipinski definition) is 1. The summed E-state index contributed by atoms with van der Waals surface area (Å²) in [6.07, 6.45) is 9.28. The van der Waals surface area contributed by atoms with Crippen molar-refractivity contribution in [3.8, 4) is 0 Å². The topological polar surface area (TPSA) is 36.4 Å². The molecule has 1 N–H and O–H groups in total. The third-order valence-corrected chi connectivity index (χ3v) is 3.99. The van der Waals surface area contributed by atoms with E-state index >= 15 is 0 Å². The van der Waals surface area contributed by atoms with E-state index in [1.54, 1.807) is 13.1 Å². The van der Waals surface area contributed by atoms with Gasteiger partial charge in [-0.3, -0.25) is 0 Å². The quantitative estimate of drug-likeness (QED) is 0.834. The Morgan fingerprint density at radius 2 is 1.94 bits per heavy atom. The van der Waals surface area contributed by atoms with Crippen molar-refractivity contribution in [2.24, 2.45) is 0 Å². The molecule has 0 spiro atoms. The molecule has 0 unspecified atom stereocenters. The largest absolute Gasteiger partial charge is 0.389 e. The number of anilines is 1. The Morgan fingerprint density at radius 3 is 2.56 bits per heavy atom. The highest BCUT2D eigenvalue weighted by Crippen LogP contribution is 2.25. The van der Waals surface area contributed by atoms with Gasteiger partial charge in [-0.25, -0.2) is 4.98 Å². The Kier molecular flexibility index (Phi) is 4.59. The van der Waals surface area contributed by atoms with E-state index in [2.05, 4.69) is 16.9 Å². The molecule has 1 saturated carbocycles. The normalized spacial score (nSPS) is 19.3. The molecule has 1 heterocycles. The predicted molar refractivity (Wildman–Crippen MR) is 74.8 cm³/mol. The van der Waals surface area contributed by atoms with E-state index in [-0.39, 0.29) is 0 Å². The number of aliphatic hydroxyl groups is 1. The minimum Gasteiger partial charge on any atom is -0.389 e. The van der Waals surface area contributed by atoms with Crippen LogP contribution in [0.1, 0.15) is 57.1 Å². The summed E-state index contributed by atoms with van der Waals surface area (Å²) >= 11 is 0. The molecule has 100 valence electrons. The van der Waals surface area contributed by atoms with Gasteiger partial charge in [0.25, 0.3) is 0 Å². The van der Waals surface area contributed by atoms with Gasteiger partial charge in [-0.15, -0.1) is 0 Å². The molecule has 18 heavy (non-hydrogen) atoms. The lowest BCUT2D eigenvalue weighted by Gasteiger charge is -2.28. The van der Waals surface area contributed by atoms with Gasteiger partial charge in [0.1, 0.15) is 5.82 Å². The lowest BCUT2D eigenvalue weighted by atomic mass is 10.1. The smallest absolute Gasteiger partial charge is 0.128 e. The molecule has 0 aromatic carbocycles. The molecule has 0 amide bonds. The van der Waals surface area contributed by atoms with E-state index in [9.17, 15) is 5.11 Å². The molecule has 1 aliphatic carbocycles. The van der Waals surface area contributed by atoms with E-state index < -0.39 is 6.10 Å². The fourth-order valence-corrected chi connectivity index (χ4v) is 2.72. The first-order chi connectivity index (χ1) is 8.68. The van der Waals surface area contributed by atoms with Crippen molar-refractivity contribution in [1.82, 2.24) is 4.98 Å². The molecule has 3 heteroatoms. The number of nitrogens with zero attached hydrogens (tertiary/aromatic N) is 2. The zero-order valence-corrected chi connectivity index (χ0v) is 11.5. The standard InChI is InChI=1S/C15H24N2O/c1-12(18)13-9-10-16-15(11-13)17(2)14-7-5-3-4-6-8-14/h9-12,14,18H,3-8H2,1-2H3/t12-/m1/s1. The maximum absolute atomic E-state index is 9.64. The van der Waals surface area contributed by atoms with Crippen LogP contribution < -0.4 is 4.90 Å². The molecule has 0 bridgehead atoms. The Labute approximate surface area is 110 Å². The van der Waals surface area contributed by atoms with E-state index in [0.29, 0.717) is 6.04 Å². The maximum Gasteiger partial charge on any atom is 0.128 e. The minimum absolute atomic E-state index is 0.422. The fraction of sp³-hybridized carbons (Fsp3) is 0.667. The summed E-state index contributed by atoms with van der Waals surface area (Å²) in [5.41, 5.74) is 0.945. The number of pyridine rings is 1. The van der Waals surface area contributed by atoms with Crippen molar-refractivity contribution in [2.75, 3.05) is 11.9 Å². The van der Waals surface area contributed by atoms with Crippen LogP contribution in [0.2, 0.25) is 0 Å². The predicted octanol–water partition coefficient (Wildman–Crippen LogP) is 3.29. The monoisotopic (exact) mass is 248 g/mol. The van der Waals surface area contributed by atoms with E-state index in [4.69, 9.17) is 0 Å². The lowest BCUT2D eigenvalue weighted by molar-refractivity contribution is 0.199. The van der Waals surface area contributed by atoms with Crippen LogP contribution in [0.4, 0.5) is 5.82 Å². The number of hydrogen-bond acceptors (Lipinski definition) is 3. The number of rotatable bonds is 3. The first kappa shape index (κ1) is 13.3. The van der Waals surface area contributed by atoms with Crippen LogP contribution in [0, 0.1) is 0 Å². The first-order valence-corrected chi connectivity index (χ1v) is 7.05. The van der Waals surface area contributed by atoms with Crippen LogP contribution in [0.15, 0.2) is 18.3 Å². The molecule has 1 fully saturated rings. The molecule has 0 radical (unpaired) electrons. The summed E-state index contributed by atoms with van der Waals surface area (Å²) in [6, 6.07) is 4.49. The van der Waals surface area contributed by atoms with Gasteiger partial charge in [-0.2, -0.15) is 0 Å². The van der Waals surface area contributed by atoms with Gasteiger partial charge in [0.15, 0.2) is 0 Å². The van der Waals surface area contributed by atoms with Gasteiger partial charge in [0.05, 0.1) is 6.10 Å². The zero-order valence-electron chi connectivity index (χ0n) is 11.5. The summed E-state index contributed by atoms with van der Waals surface area (Å²) < 4.78 is 0. The van der Waals surface area contributed by atoms with E-state index in [1.807, 2.05) is 12.1 Å². The van der Waals surface area contributed by atoms with E-state index in [0.717, 1.165) is 11.4 Å². The Morgan fingerprint density at radius 1 is 1.28 bits per heavy atom. The van der Waals surface area contributed by atoms with Crippen molar-refractivity contribution < 1.29 is 5.11 Å². The zero-order chi connectivity index (χ0) is 13.0. The summed E-state index contributed by atoms with van der Waals surface area (Å²) in [5, 5.41) is 9.64. The maximum atomic E-state index is 9.64. The Bertz CT molecular complexity index is 371. The van der Waals surface area contributed by atoms with Gasteiger partial charge >= 0.3 is 0 Å². The summed E-state index contributed by atoms with van der Waals surface area (Å²) in [6.45, 7) is 1.80. The Hall–Kier alpha value is -1.09. The van der Waals surface area contributed by atoms with Crippen LogP contribution in [-0.4, -0.2) is 23.2 Å². The number of aromatic nitrogens is 1. The molecule has 1 aromatic heterocycles. The third kappa shape index (κ3) is 3.22. The SMILES string of the molecule is C[C@@H](O)c1ccnc(N(C)C2CCCCCC2)c1. The molecule has 0 aliphatic heterocycles. The van der Waals surface area contributed by atoms with Crippen LogP contribution >= 0.6 is 0 Å². The van der Waals surface area contributed by atoms with Gasteiger partial charge < -0.3 is 10.0 Å². The van der Waals surface area contributed by atoms with Crippen molar-refractivity contribution >= 4 is 5.82 Å². The summed E-state index contributed by atoms with van der Waals surface area (Å²) in [4.78, 5) is 6.73.